The number of carbonyl (C=O) groups is 1. The number of benzene rings is 1. The van der Waals surface area contributed by atoms with E-state index >= 15 is 0 Å². The summed E-state index contributed by atoms with van der Waals surface area (Å²) in [7, 11) is 1.24. The highest BCUT2D eigenvalue weighted by Crippen LogP contribution is 2.35. The molecule has 1 atom stereocenters. The van der Waals surface area contributed by atoms with E-state index in [1.165, 1.54) is 25.3 Å². The minimum absolute atomic E-state index is 0.0876. The highest BCUT2D eigenvalue weighted by molar-refractivity contribution is 6.32. The number of hydrogen-bond donors (Lipinski definition) is 0. The molecule has 1 aromatic carbocycles. The molecule has 1 unspecified atom stereocenters. The fourth-order valence-electron chi connectivity index (χ4n) is 1.65. The average molecular weight is 302 g/mol. The van der Waals surface area contributed by atoms with Crippen molar-refractivity contribution in [1.29, 1.82) is 0 Å². The van der Waals surface area contributed by atoms with Crippen molar-refractivity contribution in [3.8, 4) is 5.75 Å². The van der Waals surface area contributed by atoms with Crippen molar-refractivity contribution in [3.63, 3.8) is 0 Å². The maximum atomic E-state index is 11.7. The lowest BCUT2D eigenvalue weighted by Crippen LogP contribution is -2.29. The second-order valence-corrected chi connectivity index (χ2v) is 4.52. The van der Waals surface area contributed by atoms with Gasteiger partial charge < -0.3 is 9.47 Å². The summed E-state index contributed by atoms with van der Waals surface area (Å²) < 4.78 is 10.1. The van der Waals surface area contributed by atoms with Crippen LogP contribution >= 0.6 is 11.6 Å². The molecule has 0 heterocycles. The van der Waals surface area contributed by atoms with E-state index < -0.39 is 17.0 Å². The van der Waals surface area contributed by atoms with Gasteiger partial charge in [0.25, 0.3) is 0 Å². The Morgan fingerprint density at radius 1 is 1.50 bits per heavy atom. The molecule has 0 saturated heterocycles. The van der Waals surface area contributed by atoms with Gasteiger partial charge in [-0.15, -0.1) is 0 Å². The van der Waals surface area contributed by atoms with Gasteiger partial charge in [0.1, 0.15) is 0 Å². The number of rotatable bonds is 7. The first-order chi connectivity index (χ1) is 9.51. The van der Waals surface area contributed by atoms with Crippen LogP contribution < -0.4 is 4.74 Å². The number of carbonyl (C=O) groups excluding carboxylic acids is 1. The maximum Gasteiger partial charge on any atom is 0.347 e. The molecule has 110 valence electrons. The van der Waals surface area contributed by atoms with Crippen LogP contribution in [0.5, 0.6) is 5.75 Å². The summed E-state index contributed by atoms with van der Waals surface area (Å²) >= 11 is 5.92. The third-order valence-electron chi connectivity index (χ3n) is 2.69. The second-order valence-electron chi connectivity index (χ2n) is 4.12. The molecule has 0 spiro atoms. The topological polar surface area (TPSA) is 78.7 Å². The Kier molecular flexibility index (Phi) is 6.24. The van der Waals surface area contributed by atoms with Gasteiger partial charge in [-0.1, -0.05) is 31.0 Å². The highest BCUT2D eigenvalue weighted by Gasteiger charge is 2.26. The largest absolute Gasteiger partial charge is 0.470 e. The summed E-state index contributed by atoms with van der Waals surface area (Å²) in [5.41, 5.74) is -0.275. The summed E-state index contributed by atoms with van der Waals surface area (Å²) in [6, 6.07) is 4.19. The predicted octanol–water partition coefficient (Wildman–Crippen LogP) is 3.36. The van der Waals surface area contributed by atoms with Crippen molar-refractivity contribution >= 4 is 23.3 Å². The van der Waals surface area contributed by atoms with Crippen molar-refractivity contribution in [2.45, 2.75) is 32.3 Å². The number of para-hydroxylation sites is 1. The standard InChI is InChI=1S/C13H16ClNO5/c1-3-4-8-11(13(16)19-2)20-12-9(14)6-5-7-10(12)15(17)18/h5-7,11H,3-4,8H2,1-2H3. The average Bonchev–Trinajstić information content (AvgIpc) is 2.43. The van der Waals surface area contributed by atoms with Crippen LogP contribution in [0.1, 0.15) is 26.2 Å². The number of nitro groups is 1. The summed E-state index contributed by atoms with van der Waals surface area (Å²) in [6.45, 7) is 1.96. The Hall–Kier alpha value is -1.82. The van der Waals surface area contributed by atoms with Crippen LogP contribution in [0.25, 0.3) is 0 Å². The van der Waals surface area contributed by atoms with Gasteiger partial charge in [-0.3, -0.25) is 10.1 Å². The van der Waals surface area contributed by atoms with Crippen LogP contribution in [-0.2, 0) is 9.53 Å². The first kappa shape index (κ1) is 16.2. The van der Waals surface area contributed by atoms with Crippen molar-refractivity contribution < 1.29 is 19.2 Å². The van der Waals surface area contributed by atoms with E-state index in [1.807, 2.05) is 6.92 Å². The fourth-order valence-corrected chi connectivity index (χ4v) is 1.86. The van der Waals surface area contributed by atoms with E-state index in [9.17, 15) is 14.9 Å². The summed E-state index contributed by atoms with van der Waals surface area (Å²) in [5.74, 6) is -0.682. The molecule has 6 nitrogen and oxygen atoms in total. The summed E-state index contributed by atoms with van der Waals surface area (Å²) in [5, 5.41) is 11.0. The molecule has 0 aliphatic heterocycles. The van der Waals surface area contributed by atoms with Crippen molar-refractivity contribution in [2.24, 2.45) is 0 Å². The molecule has 0 saturated carbocycles. The Bertz CT molecular complexity index is 492. The van der Waals surface area contributed by atoms with Crippen LogP contribution in [-0.4, -0.2) is 24.1 Å². The van der Waals surface area contributed by atoms with Gasteiger partial charge >= 0.3 is 11.7 Å². The van der Waals surface area contributed by atoms with Gasteiger partial charge in [-0.05, 0) is 18.9 Å². The lowest BCUT2D eigenvalue weighted by Gasteiger charge is -2.17. The van der Waals surface area contributed by atoms with Crippen LogP contribution in [0.15, 0.2) is 18.2 Å². The van der Waals surface area contributed by atoms with E-state index in [2.05, 4.69) is 4.74 Å². The van der Waals surface area contributed by atoms with Crippen LogP contribution in [0.3, 0.4) is 0 Å². The van der Waals surface area contributed by atoms with Gasteiger partial charge in [0.2, 0.25) is 5.75 Å². The van der Waals surface area contributed by atoms with E-state index in [4.69, 9.17) is 16.3 Å². The molecule has 0 aromatic heterocycles. The fraction of sp³-hybridized carbons (Fsp3) is 0.462. The third-order valence-corrected chi connectivity index (χ3v) is 2.98. The number of unbranched alkanes of at least 4 members (excludes halogenated alkanes) is 1. The Morgan fingerprint density at radius 3 is 2.75 bits per heavy atom. The molecular formula is C13H16ClNO5. The summed E-state index contributed by atoms with van der Waals surface area (Å²) in [4.78, 5) is 22.0. The molecule has 0 aliphatic carbocycles. The lowest BCUT2D eigenvalue weighted by atomic mass is 10.1. The molecule has 1 aromatic rings. The van der Waals surface area contributed by atoms with Crippen molar-refractivity contribution in [3.05, 3.63) is 33.3 Å². The second kappa shape index (κ2) is 7.69. The number of nitrogens with zero attached hydrogens (tertiary/aromatic N) is 1. The maximum absolute atomic E-state index is 11.7. The first-order valence-corrected chi connectivity index (χ1v) is 6.56. The van der Waals surface area contributed by atoms with Gasteiger partial charge in [-0.2, -0.15) is 0 Å². The van der Waals surface area contributed by atoms with Crippen molar-refractivity contribution in [1.82, 2.24) is 0 Å². The van der Waals surface area contributed by atoms with E-state index in [1.54, 1.807) is 0 Å². The minimum Gasteiger partial charge on any atom is -0.470 e. The molecule has 0 fully saturated rings. The van der Waals surface area contributed by atoms with E-state index in [0.717, 1.165) is 12.8 Å². The normalized spacial score (nSPS) is 11.8. The smallest absolute Gasteiger partial charge is 0.347 e. The van der Waals surface area contributed by atoms with Gasteiger partial charge in [-0.25, -0.2) is 4.79 Å². The van der Waals surface area contributed by atoms with E-state index in [0.29, 0.717) is 6.42 Å². The molecule has 1 rings (SSSR count). The quantitative estimate of drug-likeness (QED) is 0.438. The molecular weight excluding hydrogens is 286 g/mol. The monoisotopic (exact) mass is 301 g/mol. The minimum atomic E-state index is -0.904. The van der Waals surface area contributed by atoms with Crippen LogP contribution in [0.4, 0.5) is 5.69 Å². The number of ether oxygens (including phenoxy) is 2. The van der Waals surface area contributed by atoms with Gasteiger partial charge in [0, 0.05) is 6.07 Å². The van der Waals surface area contributed by atoms with E-state index in [-0.39, 0.29) is 16.5 Å². The zero-order valence-corrected chi connectivity index (χ0v) is 12.1. The Labute approximate surface area is 121 Å². The third kappa shape index (κ3) is 4.09. The SMILES string of the molecule is CCCCC(Oc1c(Cl)cccc1[N+](=O)[O-])C(=O)OC. The lowest BCUT2D eigenvalue weighted by molar-refractivity contribution is -0.386. The number of nitro benzene ring substituents is 1. The Balaban J connectivity index is 3.03. The molecule has 0 aliphatic rings. The zero-order valence-electron chi connectivity index (χ0n) is 11.3. The predicted molar refractivity (Wildman–Crippen MR) is 74.1 cm³/mol. The molecule has 0 bridgehead atoms. The number of methoxy groups -OCH3 is 1. The molecule has 0 amide bonds. The number of hydrogen-bond acceptors (Lipinski definition) is 5. The Morgan fingerprint density at radius 2 is 2.20 bits per heavy atom. The summed E-state index contributed by atoms with van der Waals surface area (Å²) in [6.07, 6.45) is 1.10. The molecule has 7 heteroatoms. The van der Waals surface area contributed by atoms with Crippen LogP contribution in [0.2, 0.25) is 5.02 Å². The number of esters is 1. The van der Waals surface area contributed by atoms with Gasteiger partial charge in [0.15, 0.2) is 6.10 Å². The zero-order chi connectivity index (χ0) is 15.1. The number of halogens is 1. The highest BCUT2D eigenvalue weighted by atomic mass is 35.5. The van der Waals surface area contributed by atoms with Crippen LogP contribution in [0, 0.1) is 10.1 Å². The molecule has 20 heavy (non-hydrogen) atoms. The first-order valence-electron chi connectivity index (χ1n) is 6.18. The van der Waals surface area contributed by atoms with Gasteiger partial charge in [0.05, 0.1) is 17.1 Å². The molecule has 0 radical (unpaired) electrons. The molecule has 0 N–H and O–H groups in total. The van der Waals surface area contributed by atoms with Crippen molar-refractivity contribution in [2.75, 3.05) is 7.11 Å².